The summed E-state index contributed by atoms with van der Waals surface area (Å²) in [4.78, 5) is 9.90. The Morgan fingerprint density at radius 2 is 2.27 bits per heavy atom. The van der Waals surface area contributed by atoms with Gasteiger partial charge in [0.25, 0.3) is 5.69 Å². The van der Waals surface area contributed by atoms with Crippen LogP contribution in [0.3, 0.4) is 0 Å². The van der Waals surface area contributed by atoms with E-state index in [-0.39, 0.29) is 33.6 Å². The summed E-state index contributed by atoms with van der Waals surface area (Å²) in [5.74, 6) is 0. The Kier molecular flexibility index (Phi) is 3.16. The average Bonchev–Trinajstić information content (AvgIpc) is 2.63. The molecular weight excluding hydrogens is 294 g/mol. The number of aromatic nitrogens is 3. The van der Waals surface area contributed by atoms with E-state index in [1.165, 1.54) is 12.1 Å². The van der Waals surface area contributed by atoms with Gasteiger partial charge in [-0.2, -0.15) is 5.26 Å². The summed E-state index contributed by atoms with van der Waals surface area (Å²) in [6.07, 6.45) is 0. The van der Waals surface area contributed by atoms with Crippen molar-refractivity contribution in [1.82, 2.24) is 15.4 Å². The summed E-state index contributed by atoms with van der Waals surface area (Å²) in [6, 6.07) is 4.28. The Labute approximate surface area is 98.7 Å². The maximum absolute atomic E-state index is 10.5. The van der Waals surface area contributed by atoms with Crippen LogP contribution in [-0.4, -0.2) is 20.3 Å². The third kappa shape index (κ3) is 1.87. The number of aromatic amines is 1. The van der Waals surface area contributed by atoms with Gasteiger partial charge in [-0.15, -0.1) is 5.10 Å². The maximum atomic E-state index is 10.5. The van der Waals surface area contributed by atoms with Crippen LogP contribution in [0, 0.1) is 21.4 Å². The summed E-state index contributed by atoms with van der Waals surface area (Å²) in [7, 11) is 0. The number of nitrogens with one attached hydrogen (secondary N) is 1. The van der Waals surface area contributed by atoms with Gasteiger partial charge in [-0.05, 0) is 0 Å². The molecule has 2 rings (SSSR count). The number of rotatable bonds is 1. The van der Waals surface area contributed by atoms with Gasteiger partial charge in [0.15, 0.2) is 0 Å². The largest absolute Gasteiger partial charge is 1.00 e. The van der Waals surface area contributed by atoms with Crippen LogP contribution in [0.1, 0.15) is 5.56 Å². The predicted molar refractivity (Wildman–Crippen MR) is 45.3 cm³/mol. The summed E-state index contributed by atoms with van der Waals surface area (Å²) >= 11 is 0. The van der Waals surface area contributed by atoms with Gasteiger partial charge in [0.2, 0.25) is 0 Å². The quantitative estimate of drug-likeness (QED) is 0.474. The van der Waals surface area contributed by atoms with Crippen LogP contribution in [0.2, 0.25) is 0 Å². The second-order valence-corrected chi connectivity index (χ2v) is 2.57. The van der Waals surface area contributed by atoms with E-state index in [0.29, 0.717) is 11.0 Å². The minimum absolute atomic E-state index is 0. The Morgan fingerprint density at radius 3 is 2.87 bits per heavy atom. The normalized spacial score (nSPS) is 9.27. The number of hydrogen-bond donors (Lipinski definition) is 1. The van der Waals surface area contributed by atoms with Crippen molar-refractivity contribution >= 4 is 16.7 Å². The number of nitrogens with zero attached hydrogens (tertiary/aromatic N) is 4. The van der Waals surface area contributed by atoms with E-state index in [9.17, 15) is 10.1 Å². The van der Waals surface area contributed by atoms with Crippen molar-refractivity contribution in [2.75, 3.05) is 0 Å². The Bertz CT molecular complexity index is 558. The second-order valence-electron chi connectivity index (χ2n) is 2.57. The van der Waals surface area contributed by atoms with Crippen LogP contribution in [0.15, 0.2) is 12.1 Å². The van der Waals surface area contributed by atoms with Crippen molar-refractivity contribution in [3.63, 3.8) is 0 Å². The molecule has 0 unspecified atom stereocenters. The smallest absolute Gasteiger partial charge is 0.258 e. The minimum atomic E-state index is -0.574. The van der Waals surface area contributed by atoms with Gasteiger partial charge in [-0.25, -0.2) is 0 Å². The van der Waals surface area contributed by atoms with Gasteiger partial charge < -0.3 is 0 Å². The van der Waals surface area contributed by atoms with Crippen LogP contribution in [0.5, 0.6) is 0 Å². The number of fused-ring (bicyclic) bond motifs is 1. The molecule has 0 amide bonds. The van der Waals surface area contributed by atoms with E-state index in [2.05, 4.69) is 15.4 Å². The first-order chi connectivity index (χ1) is 6.72. The first-order valence-electron chi connectivity index (χ1n) is 3.61. The van der Waals surface area contributed by atoms with E-state index in [4.69, 9.17) is 5.26 Å². The fourth-order valence-corrected chi connectivity index (χ4v) is 1.13. The number of H-pyrrole nitrogens is 1. The molecule has 7 nitrogen and oxygen atoms in total. The summed E-state index contributed by atoms with van der Waals surface area (Å²) in [6.45, 7) is 0. The van der Waals surface area contributed by atoms with Gasteiger partial charge in [-0.3, -0.25) is 15.2 Å². The zero-order chi connectivity index (χ0) is 10.1. The molecule has 0 aliphatic heterocycles. The molecule has 1 aromatic heterocycles. The molecule has 1 aromatic carbocycles. The number of benzene rings is 1. The van der Waals surface area contributed by atoms with Crippen molar-refractivity contribution in [2.45, 2.75) is 0 Å². The molecule has 0 fully saturated rings. The third-order valence-electron chi connectivity index (χ3n) is 1.75. The Hall–Kier alpha value is -1.75. The molecule has 8 heteroatoms. The third-order valence-corrected chi connectivity index (χ3v) is 1.75. The number of nitriles is 1. The molecule has 1 heterocycles. The fraction of sp³-hybridized carbons (Fsp3) is 0. The van der Waals surface area contributed by atoms with Crippen molar-refractivity contribution in [3.8, 4) is 6.07 Å². The first-order valence-corrected chi connectivity index (χ1v) is 3.61. The molecule has 0 aliphatic carbocycles. The molecule has 0 aliphatic rings. The molecule has 0 saturated heterocycles. The van der Waals surface area contributed by atoms with Crippen molar-refractivity contribution in [2.24, 2.45) is 0 Å². The number of nitro groups is 1. The van der Waals surface area contributed by atoms with Crippen LogP contribution in [0.4, 0.5) is 5.69 Å². The molecule has 15 heavy (non-hydrogen) atoms. The molecule has 0 bridgehead atoms. The molecule has 0 spiro atoms. The molecule has 2 aromatic rings. The summed E-state index contributed by atoms with van der Waals surface area (Å²) in [5.41, 5.74) is 0.732. The van der Waals surface area contributed by atoms with E-state index in [1.54, 1.807) is 0 Å². The van der Waals surface area contributed by atoms with E-state index in [1.807, 2.05) is 6.07 Å². The number of non-ortho nitro benzene ring substituents is 1. The van der Waals surface area contributed by atoms with Crippen molar-refractivity contribution in [3.05, 3.63) is 27.8 Å². The minimum Gasteiger partial charge on any atom is -0.258 e. The average molecular weight is 297 g/mol. The molecule has 0 atom stereocenters. The van der Waals surface area contributed by atoms with E-state index < -0.39 is 4.92 Å². The monoisotopic (exact) mass is 296 g/mol. The SMILES string of the molecule is N#Cc1cc([N+](=O)[O-])cc2nn[nH]c12.[Ag+]. The van der Waals surface area contributed by atoms with Gasteiger partial charge in [-0.1, -0.05) is 5.21 Å². The number of hydrogen-bond acceptors (Lipinski definition) is 5. The van der Waals surface area contributed by atoms with Crippen LogP contribution in [0.25, 0.3) is 11.0 Å². The number of nitro benzene ring substituents is 1. The zero-order valence-electron chi connectivity index (χ0n) is 7.06. The molecule has 1 N–H and O–H groups in total. The molecular formula is C7H3AgN5O2+. The van der Waals surface area contributed by atoms with Crippen LogP contribution in [-0.2, 0) is 22.4 Å². The Morgan fingerprint density at radius 1 is 1.53 bits per heavy atom. The van der Waals surface area contributed by atoms with E-state index in [0.717, 1.165) is 0 Å². The summed E-state index contributed by atoms with van der Waals surface area (Å²) in [5, 5.41) is 28.8. The first kappa shape index (κ1) is 11.3. The fourth-order valence-electron chi connectivity index (χ4n) is 1.13. The molecule has 0 saturated carbocycles. The summed E-state index contributed by atoms with van der Waals surface area (Å²) < 4.78 is 0. The molecule has 0 radical (unpaired) electrons. The van der Waals surface area contributed by atoms with Gasteiger partial charge in [0, 0.05) is 12.1 Å². The van der Waals surface area contributed by atoms with Gasteiger partial charge >= 0.3 is 22.4 Å². The van der Waals surface area contributed by atoms with Gasteiger partial charge in [0.1, 0.15) is 17.1 Å². The Balaban J connectivity index is 0.00000112. The van der Waals surface area contributed by atoms with Crippen molar-refractivity contribution in [1.29, 1.82) is 5.26 Å². The van der Waals surface area contributed by atoms with E-state index >= 15 is 0 Å². The van der Waals surface area contributed by atoms with Crippen LogP contribution >= 0.6 is 0 Å². The second kappa shape index (κ2) is 4.18. The van der Waals surface area contributed by atoms with Crippen LogP contribution < -0.4 is 0 Å². The van der Waals surface area contributed by atoms with Gasteiger partial charge in [0.05, 0.1) is 10.5 Å². The zero-order valence-corrected chi connectivity index (χ0v) is 8.54. The predicted octanol–water partition coefficient (Wildman–Crippen LogP) is 0.735. The standard InChI is InChI=1S/C7H3N5O2.Ag/c8-3-4-1-5(12(13)14)2-6-7(4)10-11-9-6;/h1-2H,(H,9,10,11);/q;+1. The maximum Gasteiger partial charge on any atom is 1.00 e. The molecule has 78 valence electrons. The topological polar surface area (TPSA) is 108 Å². The van der Waals surface area contributed by atoms with Crippen molar-refractivity contribution < 1.29 is 27.3 Å².